The van der Waals surface area contributed by atoms with Crippen molar-refractivity contribution >= 4 is 29.3 Å². The van der Waals surface area contributed by atoms with Crippen LogP contribution in [0.3, 0.4) is 0 Å². The van der Waals surface area contributed by atoms with Gasteiger partial charge in [-0.05, 0) is 31.2 Å². The molecule has 5 heterocycles. The van der Waals surface area contributed by atoms with Gasteiger partial charge in [-0.15, -0.1) is 12.4 Å². The number of hydrogen-bond acceptors (Lipinski definition) is 6. The van der Waals surface area contributed by atoms with Crippen LogP contribution < -0.4 is 4.90 Å². The molecule has 1 fully saturated rings. The highest BCUT2D eigenvalue weighted by Crippen LogP contribution is 2.29. The summed E-state index contributed by atoms with van der Waals surface area (Å²) < 4.78 is 9.10. The van der Waals surface area contributed by atoms with Crippen molar-refractivity contribution in [2.75, 3.05) is 31.2 Å². The Kier molecular flexibility index (Phi) is 5.80. The Morgan fingerprint density at radius 2 is 1.76 bits per heavy atom. The standard InChI is InChI=1S/C24H24N8O.ClH/c1-16-4-3-5-17(14-16)18-7-9-32(29-18)24-26-21-15-20(19-6-8-30(2)28-19)25-22(21)23(27-24)31-10-12-33-13-11-31;/h3-9,14-15,25H,10-13H2,1-2H3;1H. The van der Waals surface area contributed by atoms with E-state index in [2.05, 4.69) is 40.1 Å². The number of aromatic nitrogens is 7. The predicted octanol–water partition coefficient (Wildman–Crippen LogP) is 3.78. The molecule has 0 atom stereocenters. The number of H-pyrrole nitrogens is 1. The second-order valence-electron chi connectivity index (χ2n) is 8.28. The molecule has 174 valence electrons. The molecule has 34 heavy (non-hydrogen) atoms. The van der Waals surface area contributed by atoms with Crippen molar-refractivity contribution in [3.05, 3.63) is 60.4 Å². The number of nitrogens with one attached hydrogen (secondary N) is 1. The number of nitrogens with zero attached hydrogens (tertiary/aromatic N) is 7. The first kappa shape index (κ1) is 22.1. The fourth-order valence-electron chi connectivity index (χ4n) is 4.18. The normalized spacial score (nSPS) is 13.9. The predicted molar refractivity (Wildman–Crippen MR) is 134 cm³/mol. The molecule has 1 N–H and O–H groups in total. The summed E-state index contributed by atoms with van der Waals surface area (Å²) in [7, 11) is 1.91. The van der Waals surface area contributed by atoms with E-state index in [1.54, 1.807) is 9.36 Å². The Morgan fingerprint density at radius 3 is 2.53 bits per heavy atom. The van der Waals surface area contributed by atoms with Gasteiger partial charge in [-0.25, -0.2) is 9.67 Å². The second-order valence-corrected chi connectivity index (χ2v) is 8.28. The Hall–Kier alpha value is -3.69. The van der Waals surface area contributed by atoms with E-state index in [1.165, 1.54) is 5.56 Å². The molecule has 0 spiro atoms. The molecule has 0 radical (unpaired) electrons. The Labute approximate surface area is 202 Å². The summed E-state index contributed by atoms with van der Waals surface area (Å²) in [5.41, 5.74) is 6.66. The van der Waals surface area contributed by atoms with Crippen molar-refractivity contribution < 1.29 is 4.74 Å². The number of halogens is 1. The van der Waals surface area contributed by atoms with Crippen LogP contribution in [0.5, 0.6) is 0 Å². The van der Waals surface area contributed by atoms with Gasteiger partial charge in [0.15, 0.2) is 5.82 Å². The van der Waals surface area contributed by atoms with Crippen LogP contribution in [0.4, 0.5) is 5.82 Å². The van der Waals surface area contributed by atoms with Gasteiger partial charge in [0.25, 0.3) is 5.95 Å². The molecule has 0 bridgehead atoms. The fourth-order valence-corrected chi connectivity index (χ4v) is 4.18. The average Bonchev–Trinajstić information content (AvgIpc) is 3.58. The van der Waals surface area contributed by atoms with Crippen molar-refractivity contribution in [1.82, 2.24) is 34.5 Å². The molecule has 6 rings (SSSR count). The number of ether oxygens (including phenoxy) is 1. The summed E-state index contributed by atoms with van der Waals surface area (Å²) in [6.07, 6.45) is 3.84. The van der Waals surface area contributed by atoms with E-state index in [-0.39, 0.29) is 12.4 Å². The van der Waals surface area contributed by atoms with E-state index in [4.69, 9.17) is 19.8 Å². The molecule has 0 unspecified atom stereocenters. The highest BCUT2D eigenvalue weighted by atomic mass is 35.5. The lowest BCUT2D eigenvalue weighted by atomic mass is 10.1. The van der Waals surface area contributed by atoms with Gasteiger partial charge in [-0.2, -0.15) is 15.2 Å². The zero-order valence-electron chi connectivity index (χ0n) is 19.0. The van der Waals surface area contributed by atoms with Crippen molar-refractivity contribution in [3.63, 3.8) is 0 Å². The zero-order valence-corrected chi connectivity index (χ0v) is 19.8. The maximum absolute atomic E-state index is 5.56. The third-order valence-electron chi connectivity index (χ3n) is 5.85. The largest absolute Gasteiger partial charge is 0.378 e. The van der Waals surface area contributed by atoms with Crippen LogP contribution >= 0.6 is 12.4 Å². The van der Waals surface area contributed by atoms with E-state index in [0.29, 0.717) is 19.2 Å². The van der Waals surface area contributed by atoms with E-state index in [0.717, 1.165) is 52.6 Å². The van der Waals surface area contributed by atoms with Crippen molar-refractivity contribution in [2.24, 2.45) is 7.05 Å². The topological polar surface area (TPSA) is 89.7 Å². The van der Waals surface area contributed by atoms with Crippen LogP contribution in [0.1, 0.15) is 5.56 Å². The smallest absolute Gasteiger partial charge is 0.253 e. The molecule has 5 aromatic rings. The third-order valence-corrected chi connectivity index (χ3v) is 5.85. The molecule has 1 aliphatic rings. The van der Waals surface area contributed by atoms with Crippen LogP contribution in [-0.2, 0) is 11.8 Å². The third kappa shape index (κ3) is 4.04. The van der Waals surface area contributed by atoms with Crippen molar-refractivity contribution in [1.29, 1.82) is 0 Å². The molecule has 1 aliphatic heterocycles. The highest BCUT2D eigenvalue weighted by Gasteiger charge is 2.21. The SMILES string of the molecule is Cc1cccc(-c2ccn(-c3nc(N4CCOCC4)c4[nH]c(-c5ccn(C)n5)cc4n3)n2)c1.Cl. The molecule has 0 aliphatic carbocycles. The molecule has 1 saturated heterocycles. The number of benzene rings is 1. The maximum atomic E-state index is 5.56. The molecular weight excluding hydrogens is 452 g/mol. The molecule has 10 heteroatoms. The highest BCUT2D eigenvalue weighted by molar-refractivity contribution is 5.91. The molecule has 1 aromatic carbocycles. The number of rotatable bonds is 4. The summed E-state index contributed by atoms with van der Waals surface area (Å²) in [4.78, 5) is 15.5. The molecule has 0 saturated carbocycles. The summed E-state index contributed by atoms with van der Waals surface area (Å²) in [6.45, 7) is 4.98. The van der Waals surface area contributed by atoms with Crippen LogP contribution in [-0.4, -0.2) is 60.8 Å². The fraction of sp³-hybridized carbons (Fsp3) is 0.250. The first-order valence-electron chi connectivity index (χ1n) is 11.0. The van der Waals surface area contributed by atoms with E-state index in [9.17, 15) is 0 Å². The summed E-state index contributed by atoms with van der Waals surface area (Å²) >= 11 is 0. The summed E-state index contributed by atoms with van der Waals surface area (Å²) in [5, 5.41) is 9.30. The Bertz CT molecular complexity index is 1450. The number of hydrogen-bond donors (Lipinski definition) is 1. The number of fused-ring (bicyclic) bond motifs is 1. The molecule has 9 nitrogen and oxygen atoms in total. The quantitative estimate of drug-likeness (QED) is 0.424. The van der Waals surface area contributed by atoms with E-state index >= 15 is 0 Å². The minimum atomic E-state index is 0. The number of morpholine rings is 1. The number of aromatic amines is 1. The minimum Gasteiger partial charge on any atom is -0.378 e. The zero-order chi connectivity index (χ0) is 22.4. The first-order chi connectivity index (χ1) is 16.1. The van der Waals surface area contributed by atoms with E-state index in [1.807, 2.05) is 43.7 Å². The van der Waals surface area contributed by atoms with Gasteiger partial charge >= 0.3 is 0 Å². The van der Waals surface area contributed by atoms with Crippen LogP contribution in [0.2, 0.25) is 0 Å². The lowest BCUT2D eigenvalue weighted by molar-refractivity contribution is 0.122. The van der Waals surface area contributed by atoms with Crippen LogP contribution in [0, 0.1) is 6.92 Å². The molecular formula is C24H25ClN8O. The Balaban J connectivity index is 0.00000241. The second kappa shape index (κ2) is 8.92. The first-order valence-corrected chi connectivity index (χ1v) is 11.0. The average molecular weight is 477 g/mol. The number of anilines is 1. The molecule has 0 amide bonds. The minimum absolute atomic E-state index is 0. The lowest BCUT2D eigenvalue weighted by Gasteiger charge is -2.28. The van der Waals surface area contributed by atoms with Gasteiger partial charge in [0.1, 0.15) is 11.2 Å². The van der Waals surface area contributed by atoms with Gasteiger partial charge in [-0.1, -0.05) is 23.8 Å². The van der Waals surface area contributed by atoms with Gasteiger partial charge in [0.2, 0.25) is 0 Å². The summed E-state index contributed by atoms with van der Waals surface area (Å²) in [6, 6.07) is 14.3. The van der Waals surface area contributed by atoms with Crippen molar-refractivity contribution in [3.8, 4) is 28.6 Å². The maximum Gasteiger partial charge on any atom is 0.253 e. The van der Waals surface area contributed by atoms with Gasteiger partial charge in [0, 0.05) is 38.1 Å². The van der Waals surface area contributed by atoms with Crippen LogP contribution in [0.25, 0.3) is 39.6 Å². The van der Waals surface area contributed by atoms with Gasteiger partial charge in [0.05, 0.1) is 30.1 Å². The van der Waals surface area contributed by atoms with Gasteiger partial charge < -0.3 is 14.6 Å². The summed E-state index contributed by atoms with van der Waals surface area (Å²) in [5.74, 6) is 1.39. The van der Waals surface area contributed by atoms with Gasteiger partial charge in [-0.3, -0.25) is 4.68 Å². The van der Waals surface area contributed by atoms with Crippen molar-refractivity contribution in [2.45, 2.75) is 6.92 Å². The Morgan fingerprint density at radius 1 is 0.941 bits per heavy atom. The van der Waals surface area contributed by atoms with E-state index < -0.39 is 0 Å². The molecule has 4 aromatic heterocycles. The number of aryl methyl sites for hydroxylation is 2. The lowest BCUT2D eigenvalue weighted by Crippen LogP contribution is -2.37. The van der Waals surface area contributed by atoms with Crippen LogP contribution in [0.15, 0.2) is 54.9 Å². The monoisotopic (exact) mass is 476 g/mol.